The molecule has 1 amide bonds. The highest BCUT2D eigenvalue weighted by Gasteiger charge is 2.11. The van der Waals surface area contributed by atoms with Crippen LogP contribution < -0.4 is 11.1 Å². The molecule has 1 aromatic heterocycles. The number of amides is 1. The van der Waals surface area contributed by atoms with Gasteiger partial charge in [0.2, 0.25) is 0 Å². The lowest BCUT2D eigenvalue weighted by molar-refractivity contribution is 0.0950. The van der Waals surface area contributed by atoms with Gasteiger partial charge in [0.1, 0.15) is 0 Å². The zero-order valence-corrected chi connectivity index (χ0v) is 12.0. The Morgan fingerprint density at radius 2 is 2.16 bits per heavy atom. The number of anilines is 1. The van der Waals surface area contributed by atoms with E-state index in [2.05, 4.69) is 23.7 Å². The van der Waals surface area contributed by atoms with Crippen molar-refractivity contribution in [1.29, 1.82) is 0 Å². The molecular weight excluding hydrogens is 256 g/mol. The summed E-state index contributed by atoms with van der Waals surface area (Å²) in [6, 6.07) is 7.52. The monoisotopic (exact) mass is 274 g/mol. The normalized spacial score (nSPS) is 10.4. The maximum atomic E-state index is 12.2. The third-order valence-corrected chi connectivity index (χ3v) is 4.21. The van der Waals surface area contributed by atoms with Gasteiger partial charge in [-0.1, -0.05) is 13.0 Å². The second-order valence-electron chi connectivity index (χ2n) is 4.43. The average Bonchev–Trinajstić information content (AvgIpc) is 2.86. The van der Waals surface area contributed by atoms with E-state index in [0.717, 1.165) is 12.0 Å². The van der Waals surface area contributed by atoms with E-state index >= 15 is 0 Å². The van der Waals surface area contributed by atoms with E-state index in [9.17, 15) is 4.79 Å². The van der Waals surface area contributed by atoms with Crippen LogP contribution in [0.2, 0.25) is 0 Å². The fraction of sp³-hybridized carbons (Fsp3) is 0.267. The number of rotatable bonds is 4. The summed E-state index contributed by atoms with van der Waals surface area (Å²) in [5.74, 6) is -0.0692. The van der Waals surface area contributed by atoms with Gasteiger partial charge in [0.05, 0.1) is 6.54 Å². The van der Waals surface area contributed by atoms with Gasteiger partial charge in [-0.3, -0.25) is 4.79 Å². The van der Waals surface area contributed by atoms with Crippen LogP contribution in [0.1, 0.15) is 33.3 Å². The first-order valence-electron chi connectivity index (χ1n) is 6.32. The summed E-state index contributed by atoms with van der Waals surface area (Å²) < 4.78 is 0. The molecule has 0 spiro atoms. The van der Waals surface area contributed by atoms with Crippen LogP contribution in [-0.2, 0) is 13.0 Å². The molecule has 1 aromatic carbocycles. The van der Waals surface area contributed by atoms with E-state index in [1.165, 1.54) is 10.4 Å². The lowest BCUT2D eigenvalue weighted by atomic mass is 10.1. The predicted octanol–water partition coefficient (Wildman–Crippen LogP) is 3.13. The number of thiophene rings is 1. The number of carbonyl (C=O) groups is 1. The number of hydrogen-bond acceptors (Lipinski definition) is 3. The van der Waals surface area contributed by atoms with Gasteiger partial charge in [0.25, 0.3) is 5.91 Å². The minimum Gasteiger partial charge on any atom is -0.398 e. The Bertz CT molecular complexity index is 590. The van der Waals surface area contributed by atoms with Gasteiger partial charge in [-0.15, -0.1) is 11.3 Å². The van der Waals surface area contributed by atoms with Crippen molar-refractivity contribution in [2.45, 2.75) is 26.8 Å². The Kier molecular flexibility index (Phi) is 4.22. The van der Waals surface area contributed by atoms with Crippen LogP contribution in [0.15, 0.2) is 29.6 Å². The van der Waals surface area contributed by atoms with Crippen molar-refractivity contribution >= 4 is 22.9 Å². The number of nitrogens with one attached hydrogen (secondary N) is 1. The lowest BCUT2D eigenvalue weighted by Crippen LogP contribution is -2.23. The van der Waals surface area contributed by atoms with Crippen molar-refractivity contribution < 1.29 is 4.79 Å². The number of aryl methyl sites for hydroxylation is 1. The topological polar surface area (TPSA) is 55.1 Å². The summed E-state index contributed by atoms with van der Waals surface area (Å²) in [6.07, 6.45) is 0.992. The number of hydrogen-bond donors (Lipinski definition) is 2. The first-order valence-corrected chi connectivity index (χ1v) is 7.20. The molecular formula is C15H18N2OS. The van der Waals surface area contributed by atoms with E-state index in [1.54, 1.807) is 29.5 Å². The Hall–Kier alpha value is -1.81. The molecule has 0 radical (unpaired) electrons. The van der Waals surface area contributed by atoms with Crippen molar-refractivity contribution in [2.75, 3.05) is 5.73 Å². The maximum Gasteiger partial charge on any atom is 0.251 e. The summed E-state index contributed by atoms with van der Waals surface area (Å²) in [4.78, 5) is 13.4. The van der Waals surface area contributed by atoms with E-state index < -0.39 is 0 Å². The summed E-state index contributed by atoms with van der Waals surface area (Å²) in [5.41, 5.74) is 9.25. The van der Waals surface area contributed by atoms with Gasteiger partial charge in [0, 0.05) is 16.1 Å². The van der Waals surface area contributed by atoms with Gasteiger partial charge in [-0.05, 0) is 48.1 Å². The Morgan fingerprint density at radius 1 is 1.37 bits per heavy atom. The smallest absolute Gasteiger partial charge is 0.251 e. The van der Waals surface area contributed by atoms with Crippen molar-refractivity contribution in [2.24, 2.45) is 0 Å². The van der Waals surface area contributed by atoms with E-state index in [-0.39, 0.29) is 5.91 Å². The highest BCUT2D eigenvalue weighted by molar-refractivity contribution is 7.10. The molecule has 0 saturated heterocycles. The van der Waals surface area contributed by atoms with Crippen molar-refractivity contribution in [3.05, 3.63) is 51.2 Å². The quantitative estimate of drug-likeness (QED) is 0.842. The highest BCUT2D eigenvalue weighted by Crippen LogP contribution is 2.18. The Labute approximate surface area is 117 Å². The average molecular weight is 274 g/mol. The number of nitrogen functional groups attached to an aromatic ring is 1. The molecule has 0 aliphatic rings. The molecule has 2 aromatic rings. The molecule has 3 nitrogen and oxygen atoms in total. The molecule has 3 N–H and O–H groups in total. The Morgan fingerprint density at radius 3 is 2.89 bits per heavy atom. The first kappa shape index (κ1) is 13.6. The molecule has 100 valence electrons. The minimum atomic E-state index is -0.0692. The van der Waals surface area contributed by atoms with Crippen LogP contribution in [0.4, 0.5) is 5.69 Å². The van der Waals surface area contributed by atoms with Crippen LogP contribution in [0, 0.1) is 6.92 Å². The summed E-state index contributed by atoms with van der Waals surface area (Å²) in [6.45, 7) is 4.57. The molecule has 1 heterocycles. The molecule has 0 aliphatic carbocycles. The predicted molar refractivity (Wildman–Crippen MR) is 80.5 cm³/mol. The molecule has 0 saturated carbocycles. The largest absolute Gasteiger partial charge is 0.398 e. The van der Waals surface area contributed by atoms with Crippen LogP contribution in [0.5, 0.6) is 0 Å². The molecule has 0 atom stereocenters. The molecule has 19 heavy (non-hydrogen) atoms. The van der Waals surface area contributed by atoms with Gasteiger partial charge in [0.15, 0.2) is 0 Å². The third-order valence-electron chi connectivity index (χ3n) is 3.25. The number of benzene rings is 1. The zero-order chi connectivity index (χ0) is 13.8. The summed E-state index contributed by atoms with van der Waals surface area (Å²) in [7, 11) is 0. The van der Waals surface area contributed by atoms with Crippen LogP contribution in [0.3, 0.4) is 0 Å². The van der Waals surface area contributed by atoms with Gasteiger partial charge >= 0.3 is 0 Å². The highest BCUT2D eigenvalue weighted by atomic mass is 32.1. The van der Waals surface area contributed by atoms with Crippen LogP contribution in [-0.4, -0.2) is 5.91 Å². The standard InChI is InChI=1S/C15H18N2OS/c1-3-11-7-8-19-14(11)9-17-15(18)12-5-4-6-13(16)10(12)2/h4-8H,3,9,16H2,1-2H3,(H,17,18). The van der Waals surface area contributed by atoms with Crippen molar-refractivity contribution in [3.63, 3.8) is 0 Å². The fourth-order valence-corrected chi connectivity index (χ4v) is 2.91. The van der Waals surface area contributed by atoms with E-state index in [0.29, 0.717) is 17.8 Å². The van der Waals surface area contributed by atoms with Crippen molar-refractivity contribution in [3.8, 4) is 0 Å². The minimum absolute atomic E-state index is 0.0692. The van der Waals surface area contributed by atoms with Crippen LogP contribution in [0.25, 0.3) is 0 Å². The fourth-order valence-electron chi connectivity index (χ4n) is 1.99. The van der Waals surface area contributed by atoms with Crippen LogP contribution >= 0.6 is 11.3 Å². The molecule has 4 heteroatoms. The maximum absolute atomic E-state index is 12.2. The summed E-state index contributed by atoms with van der Waals surface area (Å²) >= 11 is 1.68. The molecule has 0 unspecified atom stereocenters. The molecule has 0 aliphatic heterocycles. The van der Waals surface area contributed by atoms with Gasteiger partial charge in [-0.2, -0.15) is 0 Å². The molecule has 0 fully saturated rings. The van der Waals surface area contributed by atoms with Crippen molar-refractivity contribution in [1.82, 2.24) is 5.32 Å². The second kappa shape index (κ2) is 5.89. The van der Waals surface area contributed by atoms with Gasteiger partial charge in [-0.25, -0.2) is 0 Å². The zero-order valence-electron chi connectivity index (χ0n) is 11.2. The van der Waals surface area contributed by atoms with E-state index in [4.69, 9.17) is 5.73 Å². The van der Waals surface area contributed by atoms with E-state index in [1.807, 2.05) is 6.92 Å². The number of carbonyl (C=O) groups excluding carboxylic acids is 1. The third kappa shape index (κ3) is 2.96. The first-order chi connectivity index (χ1) is 9.13. The second-order valence-corrected chi connectivity index (χ2v) is 5.43. The number of nitrogens with two attached hydrogens (primary N) is 1. The molecule has 0 bridgehead atoms. The Balaban J connectivity index is 2.08. The summed E-state index contributed by atoms with van der Waals surface area (Å²) in [5, 5.41) is 5.02. The molecule has 2 rings (SSSR count). The lowest BCUT2D eigenvalue weighted by Gasteiger charge is -2.09. The SMILES string of the molecule is CCc1ccsc1CNC(=O)c1cccc(N)c1C. The van der Waals surface area contributed by atoms with Gasteiger partial charge < -0.3 is 11.1 Å².